The zero-order valence-corrected chi connectivity index (χ0v) is 22.2. The molecular formula is C27H36ClN5O2. The van der Waals surface area contributed by atoms with Crippen molar-refractivity contribution in [2.24, 2.45) is 4.99 Å². The number of anilines is 1. The normalized spacial score (nSPS) is 19.2. The zero-order valence-electron chi connectivity index (χ0n) is 21.4. The van der Waals surface area contributed by atoms with Crippen LogP contribution in [0.2, 0.25) is 5.02 Å². The standard InChI is InChI=1S/C27H36ClN5O2/c1-6-32(21-9-7-20(8-10-21)31(4)5)24-15-19(28)14-22(18(24)3)26(34)30-16-23-17(2)13-25-29-11-12-33(25)27(23)35/h11,13-15,20-21H,6-10,12,16H2,1-5H3,(H,30,34). The second-order valence-electron chi connectivity index (χ2n) is 9.88. The van der Waals surface area contributed by atoms with Crippen molar-refractivity contribution >= 4 is 35.2 Å². The molecule has 0 radical (unpaired) electrons. The van der Waals surface area contributed by atoms with Crippen molar-refractivity contribution in [2.45, 2.75) is 71.6 Å². The van der Waals surface area contributed by atoms with Crippen LogP contribution >= 0.6 is 11.6 Å². The molecular weight excluding hydrogens is 462 g/mol. The number of nitrogens with zero attached hydrogens (tertiary/aromatic N) is 4. The number of amides is 1. The summed E-state index contributed by atoms with van der Waals surface area (Å²) in [4.78, 5) is 35.1. The average molecular weight is 498 g/mol. The van der Waals surface area contributed by atoms with Crippen LogP contribution < -0.4 is 15.8 Å². The van der Waals surface area contributed by atoms with E-state index >= 15 is 0 Å². The Labute approximate surface area is 212 Å². The lowest BCUT2D eigenvalue weighted by molar-refractivity contribution is 0.0950. The summed E-state index contributed by atoms with van der Waals surface area (Å²) in [5.74, 6) is 0.441. The number of hydrogen-bond acceptors (Lipinski definition) is 5. The third-order valence-corrected chi connectivity index (χ3v) is 7.81. The predicted octanol–water partition coefficient (Wildman–Crippen LogP) is 4.46. The Morgan fingerprint density at radius 3 is 2.49 bits per heavy atom. The highest BCUT2D eigenvalue weighted by atomic mass is 35.5. The lowest BCUT2D eigenvalue weighted by atomic mass is 9.89. The van der Waals surface area contributed by atoms with Gasteiger partial charge in [-0.3, -0.25) is 14.2 Å². The molecule has 1 aromatic carbocycles. The van der Waals surface area contributed by atoms with Gasteiger partial charge < -0.3 is 15.1 Å². The van der Waals surface area contributed by atoms with Crippen molar-refractivity contribution in [3.63, 3.8) is 0 Å². The number of rotatable bonds is 7. The molecule has 35 heavy (non-hydrogen) atoms. The fourth-order valence-corrected chi connectivity index (χ4v) is 5.70. The summed E-state index contributed by atoms with van der Waals surface area (Å²) in [6, 6.07) is 6.65. The minimum atomic E-state index is -0.223. The Bertz CT molecular complexity index is 1200. The van der Waals surface area contributed by atoms with Crippen molar-refractivity contribution in [3.8, 4) is 0 Å². The minimum absolute atomic E-state index is 0.105. The lowest BCUT2D eigenvalue weighted by Crippen LogP contribution is -2.42. The molecule has 1 aliphatic heterocycles. The first-order valence-electron chi connectivity index (χ1n) is 12.5. The molecule has 1 fully saturated rings. The molecule has 1 aromatic heterocycles. The van der Waals surface area contributed by atoms with Crippen molar-refractivity contribution in [1.82, 2.24) is 14.8 Å². The second-order valence-corrected chi connectivity index (χ2v) is 10.3. The van der Waals surface area contributed by atoms with Crippen molar-refractivity contribution in [2.75, 3.05) is 25.5 Å². The third kappa shape index (κ3) is 5.16. The molecule has 0 saturated heterocycles. The van der Waals surface area contributed by atoms with E-state index in [4.69, 9.17) is 11.6 Å². The van der Waals surface area contributed by atoms with Gasteiger partial charge in [-0.05, 0) is 89.9 Å². The maximum absolute atomic E-state index is 13.3. The van der Waals surface area contributed by atoms with Gasteiger partial charge in [-0.2, -0.15) is 0 Å². The number of fused-ring (bicyclic) bond motifs is 1. The number of benzene rings is 1. The summed E-state index contributed by atoms with van der Waals surface area (Å²) in [7, 11) is 4.31. The van der Waals surface area contributed by atoms with Gasteiger partial charge in [0.25, 0.3) is 11.5 Å². The predicted molar refractivity (Wildman–Crippen MR) is 144 cm³/mol. The number of carbonyl (C=O) groups is 1. The van der Waals surface area contributed by atoms with Crippen LogP contribution in [-0.4, -0.2) is 54.3 Å². The number of hydrogen-bond donors (Lipinski definition) is 1. The van der Waals surface area contributed by atoms with Gasteiger partial charge in [-0.15, -0.1) is 0 Å². The fraction of sp³-hybridized carbons (Fsp3) is 0.519. The molecule has 4 rings (SSSR count). The number of aromatic nitrogens is 1. The van der Waals surface area contributed by atoms with Gasteiger partial charge in [0, 0.05) is 53.2 Å². The largest absolute Gasteiger partial charge is 0.369 e. The Morgan fingerprint density at radius 1 is 1.14 bits per heavy atom. The minimum Gasteiger partial charge on any atom is -0.369 e. The number of nitrogens with one attached hydrogen (secondary N) is 1. The van der Waals surface area contributed by atoms with E-state index in [-0.39, 0.29) is 18.0 Å². The summed E-state index contributed by atoms with van der Waals surface area (Å²) in [6.45, 7) is 7.51. The molecule has 7 nitrogen and oxygen atoms in total. The molecule has 2 heterocycles. The van der Waals surface area contributed by atoms with Gasteiger partial charge in [0.15, 0.2) is 0 Å². The van der Waals surface area contributed by atoms with E-state index in [0.29, 0.717) is 40.6 Å². The maximum atomic E-state index is 13.3. The van der Waals surface area contributed by atoms with Crippen LogP contribution in [0.25, 0.3) is 0 Å². The van der Waals surface area contributed by atoms with Gasteiger partial charge in [-0.25, -0.2) is 4.99 Å². The topological polar surface area (TPSA) is 69.9 Å². The van der Waals surface area contributed by atoms with Crippen LogP contribution in [0.3, 0.4) is 0 Å². The molecule has 1 aliphatic carbocycles. The number of aryl methyl sites for hydroxylation is 1. The molecule has 0 atom stereocenters. The van der Waals surface area contributed by atoms with Crippen molar-refractivity contribution in [1.29, 1.82) is 0 Å². The first kappa shape index (κ1) is 25.5. The highest BCUT2D eigenvalue weighted by Crippen LogP contribution is 2.34. The monoisotopic (exact) mass is 497 g/mol. The van der Waals surface area contributed by atoms with Crippen molar-refractivity contribution in [3.05, 3.63) is 55.8 Å². The number of pyridine rings is 1. The molecule has 0 spiro atoms. The zero-order chi connectivity index (χ0) is 25.3. The number of carbonyl (C=O) groups excluding carboxylic acids is 1. The van der Waals surface area contributed by atoms with Crippen LogP contribution in [0.1, 0.15) is 59.7 Å². The number of aliphatic imine (C=N–C) groups is 1. The molecule has 2 aromatic rings. The summed E-state index contributed by atoms with van der Waals surface area (Å²) < 4.78 is 1.63. The summed E-state index contributed by atoms with van der Waals surface area (Å²) in [5, 5.41) is 3.51. The lowest BCUT2D eigenvalue weighted by Gasteiger charge is -2.40. The quantitative estimate of drug-likeness (QED) is 0.613. The fourth-order valence-electron chi connectivity index (χ4n) is 5.48. The molecule has 188 valence electrons. The van der Waals surface area contributed by atoms with E-state index in [9.17, 15) is 9.59 Å². The molecule has 1 saturated carbocycles. The average Bonchev–Trinajstić information content (AvgIpc) is 3.30. The molecule has 2 aliphatic rings. The smallest absolute Gasteiger partial charge is 0.257 e. The third-order valence-electron chi connectivity index (χ3n) is 7.59. The maximum Gasteiger partial charge on any atom is 0.257 e. The van der Waals surface area contributed by atoms with Crippen LogP contribution in [0.5, 0.6) is 0 Å². The van der Waals surface area contributed by atoms with Gasteiger partial charge in [0.05, 0.1) is 6.54 Å². The SMILES string of the molecule is CCN(c1cc(Cl)cc(C(=O)NCc2c(C)cc3n(c2=O)CC=N3)c1C)C1CCC(N(C)C)CC1. The van der Waals surface area contributed by atoms with E-state index in [1.54, 1.807) is 16.8 Å². The highest BCUT2D eigenvalue weighted by molar-refractivity contribution is 6.31. The first-order valence-corrected chi connectivity index (χ1v) is 12.9. The van der Waals surface area contributed by atoms with E-state index < -0.39 is 0 Å². The Balaban J connectivity index is 1.54. The van der Waals surface area contributed by atoms with E-state index in [1.165, 1.54) is 12.8 Å². The van der Waals surface area contributed by atoms with E-state index in [2.05, 4.69) is 41.1 Å². The first-order chi connectivity index (χ1) is 16.7. The summed E-state index contributed by atoms with van der Waals surface area (Å²) in [5.41, 5.74) is 3.79. The van der Waals surface area contributed by atoms with Crippen LogP contribution in [0.4, 0.5) is 11.5 Å². The van der Waals surface area contributed by atoms with E-state index in [0.717, 1.165) is 36.2 Å². The van der Waals surface area contributed by atoms with Crippen LogP contribution in [-0.2, 0) is 13.1 Å². The van der Waals surface area contributed by atoms with Crippen molar-refractivity contribution < 1.29 is 4.79 Å². The molecule has 1 amide bonds. The molecule has 8 heteroatoms. The van der Waals surface area contributed by atoms with Crippen LogP contribution in [0.15, 0.2) is 28.0 Å². The Hall–Kier alpha value is -2.64. The second kappa shape index (κ2) is 10.5. The Kier molecular flexibility index (Phi) is 7.67. The molecule has 1 N–H and O–H groups in total. The van der Waals surface area contributed by atoms with Crippen LogP contribution in [0, 0.1) is 13.8 Å². The van der Waals surface area contributed by atoms with E-state index in [1.807, 2.05) is 26.0 Å². The Morgan fingerprint density at radius 2 is 1.83 bits per heavy atom. The summed E-state index contributed by atoms with van der Waals surface area (Å²) >= 11 is 6.52. The van der Waals surface area contributed by atoms with Gasteiger partial charge in [-0.1, -0.05) is 11.6 Å². The van der Waals surface area contributed by atoms with Gasteiger partial charge >= 0.3 is 0 Å². The summed E-state index contributed by atoms with van der Waals surface area (Å²) in [6.07, 6.45) is 6.30. The highest BCUT2D eigenvalue weighted by Gasteiger charge is 2.28. The molecule has 0 bridgehead atoms. The molecule has 0 unspecified atom stereocenters. The van der Waals surface area contributed by atoms with Gasteiger partial charge in [0.2, 0.25) is 0 Å². The van der Waals surface area contributed by atoms with Gasteiger partial charge in [0.1, 0.15) is 5.82 Å². The number of halogens is 1.